The van der Waals surface area contributed by atoms with Gasteiger partial charge in [-0.1, -0.05) is 43.7 Å². The minimum Gasteiger partial charge on any atom is -0.488 e. The van der Waals surface area contributed by atoms with Crippen molar-refractivity contribution in [2.24, 2.45) is 11.7 Å². The first kappa shape index (κ1) is 25.4. The summed E-state index contributed by atoms with van der Waals surface area (Å²) < 4.78 is 6.28. The normalized spacial score (nSPS) is 11.2. The molecule has 0 aliphatic rings. The van der Waals surface area contributed by atoms with Gasteiger partial charge >= 0.3 is 5.97 Å². The van der Waals surface area contributed by atoms with Gasteiger partial charge in [0.15, 0.2) is 0 Å². The zero-order chi connectivity index (χ0) is 25.2. The number of aromatic carboxylic acids is 1. The maximum absolute atomic E-state index is 12.0. The first-order valence-corrected chi connectivity index (χ1v) is 11.8. The van der Waals surface area contributed by atoms with E-state index >= 15 is 0 Å². The summed E-state index contributed by atoms with van der Waals surface area (Å²) in [4.78, 5) is 16.9. The van der Waals surface area contributed by atoms with Crippen molar-refractivity contribution in [3.8, 4) is 16.9 Å². The molecule has 1 heterocycles. The number of aryl methyl sites for hydroxylation is 3. The van der Waals surface area contributed by atoms with Crippen LogP contribution in [0.5, 0.6) is 5.75 Å². The highest BCUT2D eigenvalue weighted by molar-refractivity contribution is 5.92. The number of pyridine rings is 1. The van der Waals surface area contributed by atoms with E-state index in [1.54, 1.807) is 6.07 Å². The molecule has 3 N–H and O–H groups in total. The van der Waals surface area contributed by atoms with Crippen molar-refractivity contribution >= 4 is 5.97 Å². The summed E-state index contributed by atoms with van der Waals surface area (Å²) in [6.45, 7) is 14.8. The van der Waals surface area contributed by atoms with Gasteiger partial charge < -0.3 is 15.6 Å². The first-order valence-electron chi connectivity index (χ1n) is 11.8. The number of hydrogen-bond donors (Lipinski definition) is 2. The highest BCUT2D eigenvalue weighted by atomic mass is 16.5. The molecule has 180 valence electrons. The summed E-state index contributed by atoms with van der Waals surface area (Å²) in [7, 11) is 0. The highest BCUT2D eigenvalue weighted by Crippen LogP contribution is 2.35. The van der Waals surface area contributed by atoms with Gasteiger partial charge in [-0.25, -0.2) is 4.79 Å². The molecule has 3 aromatic rings. The van der Waals surface area contributed by atoms with Crippen LogP contribution in [-0.2, 0) is 19.6 Å². The molecule has 0 unspecified atom stereocenters. The Hall–Kier alpha value is -3.18. The van der Waals surface area contributed by atoms with Crippen molar-refractivity contribution in [1.29, 1.82) is 0 Å². The van der Waals surface area contributed by atoms with Gasteiger partial charge in [-0.2, -0.15) is 0 Å². The number of carbonyl (C=O) groups is 1. The first-order chi connectivity index (χ1) is 16.0. The van der Waals surface area contributed by atoms with Crippen LogP contribution in [0.2, 0.25) is 0 Å². The number of rotatable bonds is 8. The molecule has 3 rings (SSSR count). The number of carboxylic acids is 1. The maximum Gasteiger partial charge on any atom is 0.339 e. The number of benzene rings is 2. The van der Waals surface area contributed by atoms with Gasteiger partial charge in [-0.05, 0) is 86.4 Å². The van der Waals surface area contributed by atoms with Gasteiger partial charge in [-0.3, -0.25) is 4.98 Å². The lowest BCUT2D eigenvalue weighted by molar-refractivity contribution is 0.0691. The largest absolute Gasteiger partial charge is 0.488 e. The second-order valence-corrected chi connectivity index (χ2v) is 9.56. The van der Waals surface area contributed by atoms with Crippen LogP contribution in [0.4, 0.5) is 0 Å². The lowest BCUT2D eigenvalue weighted by atomic mass is 9.90. The molecule has 34 heavy (non-hydrogen) atoms. The zero-order valence-electron chi connectivity index (χ0n) is 21.4. The number of carboxylic acid groups (broad SMARTS) is 1. The fourth-order valence-electron chi connectivity index (χ4n) is 4.41. The van der Waals surface area contributed by atoms with Crippen molar-refractivity contribution < 1.29 is 14.6 Å². The molecule has 1 aromatic heterocycles. The molecule has 0 aliphatic heterocycles. The predicted molar refractivity (Wildman–Crippen MR) is 138 cm³/mol. The Morgan fingerprint density at radius 2 is 1.68 bits per heavy atom. The summed E-state index contributed by atoms with van der Waals surface area (Å²) in [6, 6.07) is 10.1. The fraction of sp³-hybridized carbons (Fsp3) is 0.379. The van der Waals surface area contributed by atoms with E-state index in [0.717, 1.165) is 56.8 Å². The Bertz CT molecular complexity index is 1210. The highest BCUT2D eigenvalue weighted by Gasteiger charge is 2.22. The molecule has 2 aromatic carbocycles. The Morgan fingerprint density at radius 3 is 2.24 bits per heavy atom. The van der Waals surface area contributed by atoms with Crippen LogP contribution < -0.4 is 10.5 Å². The molecular weight excluding hydrogens is 424 g/mol. The molecule has 5 nitrogen and oxygen atoms in total. The van der Waals surface area contributed by atoms with E-state index in [9.17, 15) is 9.90 Å². The number of hydrogen-bond acceptors (Lipinski definition) is 4. The summed E-state index contributed by atoms with van der Waals surface area (Å²) >= 11 is 0. The Kier molecular flexibility index (Phi) is 7.78. The van der Waals surface area contributed by atoms with Crippen LogP contribution in [0.25, 0.3) is 11.1 Å². The van der Waals surface area contributed by atoms with E-state index in [4.69, 9.17) is 15.5 Å². The number of nitrogens with two attached hydrogens (primary N) is 1. The lowest BCUT2D eigenvalue weighted by Gasteiger charge is -2.22. The molecule has 0 aliphatic carbocycles. The number of ether oxygens (including phenoxy) is 1. The molecule has 0 atom stereocenters. The summed E-state index contributed by atoms with van der Waals surface area (Å²) in [5.74, 6) is -0.142. The van der Waals surface area contributed by atoms with Crippen molar-refractivity contribution in [3.63, 3.8) is 0 Å². The molecule has 0 radical (unpaired) electrons. The van der Waals surface area contributed by atoms with Crippen LogP contribution in [0.1, 0.15) is 69.0 Å². The third kappa shape index (κ3) is 5.15. The van der Waals surface area contributed by atoms with E-state index < -0.39 is 5.97 Å². The third-order valence-electron chi connectivity index (χ3n) is 6.53. The molecule has 5 heteroatoms. The van der Waals surface area contributed by atoms with Gasteiger partial charge in [0, 0.05) is 23.5 Å². The average Bonchev–Trinajstić information content (AvgIpc) is 2.77. The van der Waals surface area contributed by atoms with E-state index in [2.05, 4.69) is 45.0 Å². The van der Waals surface area contributed by atoms with Gasteiger partial charge in [-0.15, -0.1) is 0 Å². The van der Waals surface area contributed by atoms with E-state index in [0.29, 0.717) is 18.2 Å². The average molecular weight is 461 g/mol. The molecule has 0 bridgehead atoms. The summed E-state index contributed by atoms with van der Waals surface area (Å²) in [6.07, 6.45) is 0.840. The molecule has 0 saturated carbocycles. The van der Waals surface area contributed by atoms with Crippen molar-refractivity contribution in [1.82, 2.24) is 4.98 Å². The minimum atomic E-state index is -0.996. The molecule has 0 spiro atoms. The van der Waals surface area contributed by atoms with E-state index in [1.165, 1.54) is 5.56 Å². The van der Waals surface area contributed by atoms with E-state index in [1.807, 2.05) is 27.7 Å². The molecule has 0 saturated heterocycles. The lowest BCUT2D eigenvalue weighted by Crippen LogP contribution is -2.15. The van der Waals surface area contributed by atoms with Gasteiger partial charge in [0.1, 0.15) is 17.9 Å². The van der Waals surface area contributed by atoms with Crippen molar-refractivity contribution in [2.45, 2.75) is 68.0 Å². The summed E-state index contributed by atoms with van der Waals surface area (Å²) in [5, 5.41) is 9.81. The second kappa shape index (κ2) is 10.4. The molecular formula is C29H36N2O3. The van der Waals surface area contributed by atoms with Crippen LogP contribution in [0.15, 0.2) is 30.3 Å². The third-order valence-corrected chi connectivity index (χ3v) is 6.53. The Labute approximate surface area is 203 Å². The van der Waals surface area contributed by atoms with Crippen LogP contribution in [0.3, 0.4) is 0 Å². The maximum atomic E-state index is 12.0. The van der Waals surface area contributed by atoms with Gasteiger partial charge in [0.25, 0.3) is 0 Å². The second-order valence-electron chi connectivity index (χ2n) is 9.56. The van der Waals surface area contributed by atoms with Crippen molar-refractivity contribution in [3.05, 3.63) is 80.7 Å². The summed E-state index contributed by atoms with van der Waals surface area (Å²) in [5.41, 5.74) is 16.4. The minimum absolute atomic E-state index is 0.179. The fourth-order valence-corrected chi connectivity index (χ4v) is 4.41. The van der Waals surface area contributed by atoms with E-state index in [-0.39, 0.29) is 12.2 Å². The smallest absolute Gasteiger partial charge is 0.339 e. The zero-order valence-corrected chi connectivity index (χ0v) is 21.4. The Morgan fingerprint density at radius 1 is 1.03 bits per heavy atom. The predicted octanol–water partition coefficient (Wildman–Crippen LogP) is 6.23. The van der Waals surface area contributed by atoms with Crippen LogP contribution in [-0.4, -0.2) is 16.1 Å². The topological polar surface area (TPSA) is 85.4 Å². The molecule has 0 amide bonds. The number of aromatic nitrogens is 1. The quantitative estimate of drug-likeness (QED) is 0.416. The molecule has 0 fully saturated rings. The van der Waals surface area contributed by atoms with Crippen LogP contribution in [0, 0.1) is 40.5 Å². The Balaban J connectivity index is 2.18. The SMILES string of the molecule is Cc1ccc(-c2c(COc3c(C(=O)O)cc(C)c(C)c3C)c(C)nc(CC(C)C)c2CN)cc1. The van der Waals surface area contributed by atoms with Gasteiger partial charge in [0.2, 0.25) is 0 Å². The monoisotopic (exact) mass is 460 g/mol. The van der Waals surface area contributed by atoms with Crippen molar-refractivity contribution in [2.75, 3.05) is 0 Å². The van der Waals surface area contributed by atoms with Gasteiger partial charge in [0.05, 0.1) is 0 Å². The standard InChI is InChI=1S/C29H36N2O3/c1-16(2)12-26-24(14-30)27(22-10-8-17(3)9-11-22)25(21(7)31-26)15-34-28-20(6)19(5)18(4)13-23(28)29(32)33/h8-11,13,16H,12,14-15,30H2,1-7H3,(H,32,33). The van der Waals surface area contributed by atoms with Crippen LogP contribution >= 0.6 is 0 Å². The number of nitrogens with zero attached hydrogens (tertiary/aromatic N) is 1.